The fraction of sp³-hybridized carbons (Fsp3) is 0.364. The van der Waals surface area contributed by atoms with Gasteiger partial charge in [0, 0.05) is 11.6 Å². The molecule has 0 aliphatic carbocycles. The molecule has 0 spiro atoms. The lowest BCUT2D eigenvalue weighted by Crippen LogP contribution is -2.15. The minimum absolute atomic E-state index is 0.112. The van der Waals surface area contributed by atoms with Gasteiger partial charge in [-0.2, -0.15) is 11.8 Å². The molecule has 0 aromatic heterocycles. The van der Waals surface area contributed by atoms with Crippen molar-refractivity contribution in [2.75, 3.05) is 23.4 Å². The summed E-state index contributed by atoms with van der Waals surface area (Å²) in [6.45, 7) is 0.112. The Morgan fingerprint density at radius 3 is 2.94 bits per heavy atom. The molecule has 0 aliphatic rings. The Morgan fingerprint density at radius 2 is 2.29 bits per heavy atom. The van der Waals surface area contributed by atoms with Crippen molar-refractivity contribution in [3.05, 3.63) is 29.0 Å². The monoisotopic (exact) mass is 277 g/mol. The fourth-order valence-corrected chi connectivity index (χ4v) is 2.00. The van der Waals surface area contributed by atoms with E-state index >= 15 is 0 Å². The number of hydrogen-bond acceptors (Lipinski definition) is 3. The number of amides is 1. The second-order valence-electron chi connectivity index (χ2n) is 3.30. The highest BCUT2D eigenvalue weighted by Gasteiger charge is 2.07. The zero-order valence-corrected chi connectivity index (χ0v) is 10.7. The van der Waals surface area contributed by atoms with Crippen LogP contribution in [0.4, 0.5) is 10.1 Å². The third kappa shape index (κ3) is 5.39. The zero-order chi connectivity index (χ0) is 12.7. The van der Waals surface area contributed by atoms with Crippen LogP contribution in [0.5, 0.6) is 0 Å². The van der Waals surface area contributed by atoms with Crippen molar-refractivity contribution in [1.82, 2.24) is 0 Å². The number of thioether (sulfide) groups is 1. The van der Waals surface area contributed by atoms with Gasteiger partial charge in [0.1, 0.15) is 5.82 Å². The van der Waals surface area contributed by atoms with Crippen LogP contribution in [0, 0.1) is 5.82 Å². The molecule has 6 heteroatoms. The van der Waals surface area contributed by atoms with Gasteiger partial charge in [-0.1, -0.05) is 11.6 Å². The number of rotatable bonds is 6. The summed E-state index contributed by atoms with van der Waals surface area (Å²) < 4.78 is 13.3. The van der Waals surface area contributed by atoms with Crippen LogP contribution in [0.2, 0.25) is 5.02 Å². The van der Waals surface area contributed by atoms with E-state index < -0.39 is 5.82 Å². The molecule has 0 saturated heterocycles. The number of nitrogens with one attached hydrogen (secondary N) is 1. The van der Waals surface area contributed by atoms with Crippen molar-refractivity contribution in [1.29, 1.82) is 0 Å². The van der Waals surface area contributed by atoms with E-state index in [4.69, 9.17) is 16.7 Å². The largest absolute Gasteiger partial charge is 0.396 e. The highest BCUT2D eigenvalue weighted by Crippen LogP contribution is 2.19. The summed E-state index contributed by atoms with van der Waals surface area (Å²) in [5.74, 6) is 0.120. The average molecular weight is 278 g/mol. The maximum Gasteiger partial charge on any atom is 0.234 e. The van der Waals surface area contributed by atoms with E-state index in [0.29, 0.717) is 12.2 Å². The molecule has 0 fully saturated rings. The van der Waals surface area contributed by atoms with Crippen LogP contribution in [0.25, 0.3) is 0 Å². The van der Waals surface area contributed by atoms with Crippen LogP contribution >= 0.6 is 23.4 Å². The van der Waals surface area contributed by atoms with Crippen LogP contribution in [-0.4, -0.2) is 29.1 Å². The van der Waals surface area contributed by atoms with E-state index in [1.165, 1.54) is 23.9 Å². The topological polar surface area (TPSA) is 49.3 Å². The SMILES string of the molecule is O=C(CSCCCO)Nc1ccc(Cl)cc1F. The lowest BCUT2D eigenvalue weighted by atomic mass is 10.3. The first-order chi connectivity index (χ1) is 8.13. The number of anilines is 1. The molecule has 1 amide bonds. The Labute approximate surface area is 108 Å². The van der Waals surface area contributed by atoms with E-state index in [9.17, 15) is 9.18 Å². The number of benzene rings is 1. The molecule has 0 bridgehead atoms. The van der Waals surface area contributed by atoms with Gasteiger partial charge in [0.25, 0.3) is 0 Å². The van der Waals surface area contributed by atoms with Crippen LogP contribution in [-0.2, 0) is 4.79 Å². The fourth-order valence-electron chi connectivity index (χ4n) is 1.11. The first-order valence-corrected chi connectivity index (χ1v) is 6.60. The van der Waals surface area contributed by atoms with E-state index in [0.717, 1.165) is 6.07 Å². The van der Waals surface area contributed by atoms with Gasteiger partial charge in [-0.3, -0.25) is 4.79 Å². The molecular weight excluding hydrogens is 265 g/mol. The van der Waals surface area contributed by atoms with Crippen LogP contribution < -0.4 is 5.32 Å². The Morgan fingerprint density at radius 1 is 1.53 bits per heavy atom. The van der Waals surface area contributed by atoms with Crippen molar-refractivity contribution >= 4 is 35.0 Å². The van der Waals surface area contributed by atoms with Crippen molar-refractivity contribution in [3.63, 3.8) is 0 Å². The normalized spacial score (nSPS) is 10.3. The van der Waals surface area contributed by atoms with E-state index in [-0.39, 0.29) is 29.0 Å². The molecule has 1 aromatic rings. The Bertz CT molecular complexity index is 390. The summed E-state index contributed by atoms with van der Waals surface area (Å²) in [7, 11) is 0. The molecule has 0 saturated carbocycles. The van der Waals surface area contributed by atoms with Crippen LogP contribution in [0.15, 0.2) is 18.2 Å². The summed E-state index contributed by atoms with van der Waals surface area (Å²) in [5.41, 5.74) is 0.127. The molecular formula is C11H13ClFNO2S. The molecule has 1 rings (SSSR count). The zero-order valence-electron chi connectivity index (χ0n) is 9.08. The predicted octanol–water partition coefficient (Wildman–Crippen LogP) is 2.53. The minimum atomic E-state index is -0.550. The van der Waals surface area contributed by atoms with Gasteiger partial charge in [0.05, 0.1) is 11.4 Å². The third-order valence-corrected chi connectivity index (χ3v) is 3.16. The second kappa shape index (κ2) is 7.53. The summed E-state index contributed by atoms with van der Waals surface area (Å²) in [6, 6.07) is 4.09. The van der Waals surface area contributed by atoms with Gasteiger partial charge < -0.3 is 10.4 Å². The van der Waals surface area contributed by atoms with Gasteiger partial charge in [-0.05, 0) is 30.4 Å². The summed E-state index contributed by atoms with van der Waals surface area (Å²) in [6.07, 6.45) is 0.646. The summed E-state index contributed by atoms with van der Waals surface area (Å²) in [4.78, 5) is 11.4. The maximum absolute atomic E-state index is 13.3. The van der Waals surface area contributed by atoms with Gasteiger partial charge in [0.15, 0.2) is 0 Å². The molecule has 17 heavy (non-hydrogen) atoms. The number of hydrogen-bond donors (Lipinski definition) is 2. The highest BCUT2D eigenvalue weighted by molar-refractivity contribution is 7.99. The lowest BCUT2D eigenvalue weighted by Gasteiger charge is -2.06. The number of aliphatic hydroxyl groups excluding tert-OH is 1. The standard InChI is InChI=1S/C11H13ClFNO2S/c12-8-2-3-10(9(13)6-8)14-11(16)7-17-5-1-4-15/h2-3,6,15H,1,4-5,7H2,(H,14,16). The number of carbonyl (C=O) groups is 1. The van der Waals surface area contributed by atoms with Crippen molar-refractivity contribution < 1.29 is 14.3 Å². The van der Waals surface area contributed by atoms with Crippen molar-refractivity contribution in [3.8, 4) is 0 Å². The Hall–Kier alpha value is -0.780. The second-order valence-corrected chi connectivity index (χ2v) is 4.84. The number of carbonyl (C=O) groups excluding carboxylic acids is 1. The summed E-state index contributed by atoms with van der Waals surface area (Å²) in [5, 5.41) is 11.3. The molecule has 1 aromatic carbocycles. The Kier molecular flexibility index (Phi) is 6.32. The quantitative estimate of drug-likeness (QED) is 0.786. The van der Waals surface area contributed by atoms with Gasteiger partial charge in [0.2, 0.25) is 5.91 Å². The predicted molar refractivity (Wildman–Crippen MR) is 69.1 cm³/mol. The number of halogens is 2. The molecule has 0 unspecified atom stereocenters. The first kappa shape index (κ1) is 14.3. The van der Waals surface area contributed by atoms with Crippen LogP contribution in [0.3, 0.4) is 0 Å². The molecule has 0 atom stereocenters. The third-order valence-electron chi connectivity index (χ3n) is 1.89. The lowest BCUT2D eigenvalue weighted by molar-refractivity contribution is -0.113. The van der Waals surface area contributed by atoms with Crippen molar-refractivity contribution in [2.45, 2.75) is 6.42 Å². The van der Waals surface area contributed by atoms with E-state index in [2.05, 4.69) is 5.32 Å². The van der Waals surface area contributed by atoms with Gasteiger partial charge in [-0.25, -0.2) is 4.39 Å². The number of aliphatic hydroxyl groups is 1. The smallest absolute Gasteiger partial charge is 0.234 e. The van der Waals surface area contributed by atoms with Crippen LogP contribution in [0.1, 0.15) is 6.42 Å². The summed E-state index contributed by atoms with van der Waals surface area (Å²) >= 11 is 6.99. The maximum atomic E-state index is 13.3. The highest BCUT2D eigenvalue weighted by atomic mass is 35.5. The average Bonchev–Trinajstić information content (AvgIpc) is 2.28. The van der Waals surface area contributed by atoms with Gasteiger partial charge in [-0.15, -0.1) is 0 Å². The minimum Gasteiger partial charge on any atom is -0.396 e. The molecule has 94 valence electrons. The first-order valence-electron chi connectivity index (χ1n) is 5.07. The molecule has 0 aliphatic heterocycles. The van der Waals surface area contributed by atoms with E-state index in [1.807, 2.05) is 0 Å². The Balaban J connectivity index is 2.40. The molecule has 0 radical (unpaired) electrons. The van der Waals surface area contributed by atoms with Crippen molar-refractivity contribution in [2.24, 2.45) is 0 Å². The molecule has 0 heterocycles. The van der Waals surface area contributed by atoms with Gasteiger partial charge >= 0.3 is 0 Å². The molecule has 3 nitrogen and oxygen atoms in total. The van der Waals surface area contributed by atoms with E-state index in [1.54, 1.807) is 0 Å². The molecule has 2 N–H and O–H groups in total.